The van der Waals surface area contributed by atoms with Crippen molar-refractivity contribution in [3.05, 3.63) is 24.3 Å². The third-order valence-electron chi connectivity index (χ3n) is 1.33. The minimum absolute atomic E-state index is 0.00461. The molecule has 1 aromatic carbocycles. The monoisotopic (exact) mass is 210 g/mol. The molecule has 0 fully saturated rings. The van der Waals surface area contributed by atoms with Crippen molar-refractivity contribution in [2.75, 3.05) is 0 Å². The fraction of sp³-hybridized carbons (Fsp3) is 0.200. The number of rotatable bonds is 2. The summed E-state index contributed by atoms with van der Waals surface area (Å²) in [7, 11) is 0. The van der Waals surface area contributed by atoms with Gasteiger partial charge in [0, 0.05) is 18.7 Å². The van der Waals surface area contributed by atoms with Crippen molar-refractivity contribution >= 4 is 22.8 Å². The van der Waals surface area contributed by atoms with E-state index in [9.17, 15) is 9.59 Å². The van der Waals surface area contributed by atoms with Gasteiger partial charge in [-0.1, -0.05) is 17.8 Å². The zero-order chi connectivity index (χ0) is 10.6. The van der Waals surface area contributed by atoms with Gasteiger partial charge in [-0.3, -0.25) is 9.59 Å². The van der Waals surface area contributed by atoms with Gasteiger partial charge in [0.05, 0.1) is 0 Å². The van der Waals surface area contributed by atoms with Crippen molar-refractivity contribution in [3.8, 4) is 5.75 Å². The average Bonchev–Trinajstić information content (AvgIpc) is 2.01. The van der Waals surface area contributed by atoms with Crippen molar-refractivity contribution < 1.29 is 14.3 Å². The van der Waals surface area contributed by atoms with Crippen LogP contribution >= 0.6 is 11.8 Å². The van der Waals surface area contributed by atoms with Crippen LogP contribution in [0.1, 0.15) is 13.8 Å². The van der Waals surface area contributed by atoms with Gasteiger partial charge in [0.2, 0.25) is 0 Å². The minimum atomic E-state index is -0.366. The first-order valence-corrected chi connectivity index (χ1v) is 4.86. The van der Waals surface area contributed by atoms with Crippen molar-refractivity contribution in [1.29, 1.82) is 0 Å². The first-order chi connectivity index (χ1) is 6.58. The Morgan fingerprint density at radius 1 is 1.29 bits per heavy atom. The molecule has 0 aliphatic rings. The van der Waals surface area contributed by atoms with E-state index in [1.165, 1.54) is 13.8 Å². The van der Waals surface area contributed by atoms with Gasteiger partial charge >= 0.3 is 5.97 Å². The van der Waals surface area contributed by atoms with Crippen LogP contribution in [-0.4, -0.2) is 11.1 Å². The number of esters is 1. The highest BCUT2D eigenvalue weighted by Crippen LogP contribution is 2.23. The largest absolute Gasteiger partial charge is 0.427 e. The molecule has 1 aromatic rings. The molecule has 0 aliphatic heterocycles. The Labute approximate surface area is 86.5 Å². The summed E-state index contributed by atoms with van der Waals surface area (Å²) in [6.07, 6.45) is 0. The molecule has 0 N–H and O–H groups in total. The van der Waals surface area contributed by atoms with Crippen molar-refractivity contribution in [1.82, 2.24) is 0 Å². The minimum Gasteiger partial charge on any atom is -0.427 e. The van der Waals surface area contributed by atoms with Gasteiger partial charge in [0.15, 0.2) is 5.12 Å². The third-order valence-corrected chi connectivity index (χ3v) is 2.11. The van der Waals surface area contributed by atoms with E-state index in [4.69, 9.17) is 4.74 Å². The van der Waals surface area contributed by atoms with Gasteiger partial charge < -0.3 is 4.74 Å². The molecular formula is C10H10O3S. The second-order valence-electron chi connectivity index (χ2n) is 2.66. The van der Waals surface area contributed by atoms with Gasteiger partial charge in [-0.2, -0.15) is 0 Å². The molecule has 0 saturated carbocycles. The number of thioether (sulfide) groups is 1. The SMILES string of the molecule is CC(=O)Oc1cccc(SC(C)=O)c1. The van der Waals surface area contributed by atoms with Gasteiger partial charge in [-0.15, -0.1) is 0 Å². The van der Waals surface area contributed by atoms with Crippen molar-refractivity contribution in [2.24, 2.45) is 0 Å². The molecule has 0 spiro atoms. The van der Waals surface area contributed by atoms with Crippen LogP contribution in [0.4, 0.5) is 0 Å². The topological polar surface area (TPSA) is 43.4 Å². The van der Waals surface area contributed by atoms with E-state index in [1.807, 2.05) is 0 Å². The van der Waals surface area contributed by atoms with E-state index in [1.54, 1.807) is 24.3 Å². The number of ether oxygens (including phenoxy) is 1. The Bertz CT molecular complexity index is 329. The molecular weight excluding hydrogens is 200 g/mol. The predicted molar refractivity (Wildman–Crippen MR) is 54.3 cm³/mol. The fourth-order valence-electron chi connectivity index (χ4n) is 0.933. The fourth-order valence-corrected chi connectivity index (χ4v) is 1.59. The molecule has 0 atom stereocenters. The summed E-state index contributed by atoms with van der Waals surface area (Å²) in [6, 6.07) is 6.86. The first kappa shape index (κ1) is 10.8. The Morgan fingerprint density at radius 3 is 2.57 bits per heavy atom. The normalized spacial score (nSPS) is 9.57. The lowest BCUT2D eigenvalue weighted by Gasteiger charge is -2.02. The zero-order valence-electron chi connectivity index (χ0n) is 7.94. The molecule has 0 aliphatic carbocycles. The van der Waals surface area contributed by atoms with Crippen LogP contribution in [0.25, 0.3) is 0 Å². The highest BCUT2D eigenvalue weighted by atomic mass is 32.2. The summed E-state index contributed by atoms with van der Waals surface area (Å²) in [6.45, 7) is 2.83. The molecule has 74 valence electrons. The highest BCUT2D eigenvalue weighted by Gasteiger charge is 2.02. The molecule has 3 nitrogen and oxygen atoms in total. The van der Waals surface area contributed by atoms with Gasteiger partial charge in [-0.25, -0.2) is 0 Å². The Morgan fingerprint density at radius 2 is 2.00 bits per heavy atom. The number of carbonyl (C=O) groups excluding carboxylic acids is 2. The third kappa shape index (κ3) is 3.62. The maximum Gasteiger partial charge on any atom is 0.308 e. The van der Waals surface area contributed by atoms with Gasteiger partial charge in [0.25, 0.3) is 0 Å². The molecule has 0 heterocycles. The van der Waals surface area contributed by atoms with Crippen LogP contribution in [0.15, 0.2) is 29.2 Å². The van der Waals surface area contributed by atoms with E-state index < -0.39 is 0 Å². The molecule has 1 rings (SSSR count). The second-order valence-corrected chi connectivity index (χ2v) is 3.91. The van der Waals surface area contributed by atoms with Crippen molar-refractivity contribution in [3.63, 3.8) is 0 Å². The quantitative estimate of drug-likeness (QED) is 0.426. The number of hydrogen-bond donors (Lipinski definition) is 0. The maximum absolute atomic E-state index is 10.8. The van der Waals surface area contributed by atoms with E-state index in [0.29, 0.717) is 5.75 Å². The summed E-state index contributed by atoms with van der Waals surface area (Å²) in [5, 5.41) is 0.00461. The lowest BCUT2D eigenvalue weighted by Crippen LogP contribution is -2.01. The van der Waals surface area contributed by atoms with Crippen LogP contribution in [0, 0.1) is 0 Å². The average molecular weight is 210 g/mol. The second kappa shape index (κ2) is 4.81. The Kier molecular flexibility index (Phi) is 3.71. The van der Waals surface area contributed by atoms with E-state index >= 15 is 0 Å². The molecule has 4 heteroatoms. The molecule has 0 unspecified atom stereocenters. The van der Waals surface area contributed by atoms with Crippen LogP contribution in [0.3, 0.4) is 0 Å². The molecule has 0 amide bonds. The lowest BCUT2D eigenvalue weighted by molar-refractivity contribution is -0.131. The molecule has 0 saturated heterocycles. The number of benzene rings is 1. The van der Waals surface area contributed by atoms with Gasteiger partial charge in [-0.05, 0) is 18.2 Å². The van der Waals surface area contributed by atoms with Crippen LogP contribution in [-0.2, 0) is 9.59 Å². The van der Waals surface area contributed by atoms with Crippen molar-refractivity contribution in [2.45, 2.75) is 18.7 Å². The van der Waals surface area contributed by atoms with Gasteiger partial charge in [0.1, 0.15) is 5.75 Å². The van der Waals surface area contributed by atoms with Crippen LogP contribution in [0.5, 0.6) is 5.75 Å². The van der Waals surface area contributed by atoms with E-state index in [0.717, 1.165) is 16.7 Å². The maximum atomic E-state index is 10.8. The first-order valence-electron chi connectivity index (χ1n) is 4.05. The summed E-state index contributed by atoms with van der Waals surface area (Å²) < 4.78 is 4.87. The van der Waals surface area contributed by atoms with Crippen LogP contribution < -0.4 is 4.74 Å². The van der Waals surface area contributed by atoms with Crippen LogP contribution in [0.2, 0.25) is 0 Å². The molecule has 0 radical (unpaired) electrons. The molecule has 0 bridgehead atoms. The summed E-state index contributed by atoms with van der Waals surface area (Å²) >= 11 is 1.11. The molecule has 14 heavy (non-hydrogen) atoms. The highest BCUT2D eigenvalue weighted by molar-refractivity contribution is 8.13. The van der Waals surface area contributed by atoms with E-state index in [-0.39, 0.29) is 11.1 Å². The Hall–Kier alpha value is -1.29. The Balaban J connectivity index is 2.78. The predicted octanol–water partition coefficient (Wildman–Crippen LogP) is 2.25. The smallest absolute Gasteiger partial charge is 0.308 e. The number of carbonyl (C=O) groups is 2. The zero-order valence-corrected chi connectivity index (χ0v) is 8.76. The molecule has 0 aromatic heterocycles. The summed E-state index contributed by atoms with van der Waals surface area (Å²) in [5.41, 5.74) is 0. The summed E-state index contributed by atoms with van der Waals surface area (Å²) in [5.74, 6) is 0.0960. The summed E-state index contributed by atoms with van der Waals surface area (Å²) in [4.78, 5) is 22.2. The standard InChI is InChI=1S/C10H10O3S/c1-7(11)13-9-4-3-5-10(6-9)14-8(2)12/h3-6H,1-2H3. The lowest BCUT2D eigenvalue weighted by atomic mass is 10.3. The van der Waals surface area contributed by atoms with E-state index in [2.05, 4.69) is 0 Å². The number of hydrogen-bond acceptors (Lipinski definition) is 4.